The second-order valence-electron chi connectivity index (χ2n) is 4.95. The first-order valence-electron chi connectivity index (χ1n) is 7.02. The minimum atomic E-state index is -1.17. The van der Waals surface area contributed by atoms with Gasteiger partial charge in [-0.1, -0.05) is 29.3 Å². The Labute approximate surface area is 142 Å². The molecule has 0 radical (unpaired) electrons. The van der Waals surface area contributed by atoms with Gasteiger partial charge >= 0.3 is 5.97 Å². The minimum absolute atomic E-state index is 0.125. The first kappa shape index (κ1) is 15.9. The van der Waals surface area contributed by atoms with E-state index in [9.17, 15) is 9.90 Å². The Kier molecular flexibility index (Phi) is 4.35. The molecule has 0 aliphatic carbocycles. The molecule has 2 heterocycles. The van der Waals surface area contributed by atoms with Gasteiger partial charge in [-0.3, -0.25) is 0 Å². The number of fused-ring (bicyclic) bond motifs is 1. The van der Waals surface area contributed by atoms with Crippen LogP contribution in [0.4, 0.5) is 5.69 Å². The van der Waals surface area contributed by atoms with E-state index >= 15 is 0 Å². The van der Waals surface area contributed by atoms with Gasteiger partial charge in [0.05, 0.1) is 39.3 Å². The van der Waals surface area contributed by atoms with Crippen LogP contribution in [0.2, 0.25) is 10.0 Å². The van der Waals surface area contributed by atoms with Gasteiger partial charge in [-0.15, -0.1) is 0 Å². The minimum Gasteiger partial charge on any atom is -0.462 e. The lowest BCUT2D eigenvalue weighted by molar-refractivity contribution is -0.139. The van der Waals surface area contributed by atoms with Gasteiger partial charge in [0.25, 0.3) is 0 Å². The fourth-order valence-corrected chi connectivity index (χ4v) is 2.90. The summed E-state index contributed by atoms with van der Waals surface area (Å²) in [6, 6.07) is 6.77. The van der Waals surface area contributed by atoms with Gasteiger partial charge < -0.3 is 20.1 Å². The number of benzene rings is 1. The van der Waals surface area contributed by atoms with E-state index in [2.05, 4.69) is 10.3 Å². The molecule has 1 aromatic carbocycles. The van der Waals surface area contributed by atoms with Crippen molar-refractivity contribution in [3.8, 4) is 0 Å². The Balaban J connectivity index is 2.19. The molecule has 120 valence electrons. The third-order valence-electron chi connectivity index (χ3n) is 3.58. The molecule has 5 nitrogen and oxygen atoms in total. The van der Waals surface area contributed by atoms with Crippen LogP contribution in [-0.4, -0.2) is 22.7 Å². The molecule has 0 bridgehead atoms. The number of rotatable bonds is 3. The highest BCUT2D eigenvalue weighted by Crippen LogP contribution is 2.44. The van der Waals surface area contributed by atoms with E-state index in [1.165, 1.54) is 0 Å². The molecule has 0 saturated heterocycles. The number of aromatic amines is 1. The van der Waals surface area contributed by atoms with E-state index in [4.69, 9.17) is 27.9 Å². The standard InChI is InChI=1S/C16H14Cl2N2O3/c1-2-23-16(22)11-14(10-4-3-7-19-10)20-13-8(15(11)21)5-6-9(17)12(13)18/h3-7,15,19-21H,2H2,1H3/t15-/m1/s1. The van der Waals surface area contributed by atoms with E-state index in [1.807, 2.05) is 0 Å². The van der Waals surface area contributed by atoms with Crippen molar-refractivity contribution in [1.29, 1.82) is 0 Å². The largest absolute Gasteiger partial charge is 0.462 e. The zero-order chi connectivity index (χ0) is 16.6. The van der Waals surface area contributed by atoms with Gasteiger partial charge in [0.1, 0.15) is 6.10 Å². The predicted octanol–water partition coefficient (Wildman–Crippen LogP) is 3.75. The molecule has 2 aromatic rings. The number of aromatic nitrogens is 1. The highest BCUT2D eigenvalue weighted by atomic mass is 35.5. The van der Waals surface area contributed by atoms with E-state index in [0.29, 0.717) is 27.7 Å². The number of ether oxygens (including phenoxy) is 1. The summed E-state index contributed by atoms with van der Waals surface area (Å²) in [5.41, 5.74) is 2.12. The van der Waals surface area contributed by atoms with Crippen LogP contribution in [0.3, 0.4) is 0 Å². The monoisotopic (exact) mass is 352 g/mol. The molecule has 1 aliphatic rings. The molecule has 1 aromatic heterocycles. The third-order valence-corrected chi connectivity index (χ3v) is 4.38. The molecule has 0 saturated carbocycles. The van der Waals surface area contributed by atoms with Crippen molar-refractivity contribution in [3.63, 3.8) is 0 Å². The quantitative estimate of drug-likeness (QED) is 0.735. The average molecular weight is 353 g/mol. The van der Waals surface area contributed by atoms with E-state index in [-0.39, 0.29) is 17.2 Å². The lowest BCUT2D eigenvalue weighted by Crippen LogP contribution is -2.24. The maximum Gasteiger partial charge on any atom is 0.339 e. The van der Waals surface area contributed by atoms with Crippen LogP contribution < -0.4 is 5.32 Å². The Bertz CT molecular complexity index is 785. The average Bonchev–Trinajstić information content (AvgIpc) is 3.05. The number of carbonyl (C=O) groups excluding carboxylic acids is 1. The second kappa shape index (κ2) is 6.28. The van der Waals surface area contributed by atoms with E-state index in [0.717, 1.165) is 0 Å². The van der Waals surface area contributed by atoms with Crippen molar-refractivity contribution in [2.75, 3.05) is 11.9 Å². The summed E-state index contributed by atoms with van der Waals surface area (Å²) >= 11 is 12.3. The van der Waals surface area contributed by atoms with Crippen molar-refractivity contribution in [2.45, 2.75) is 13.0 Å². The van der Waals surface area contributed by atoms with Crippen LogP contribution in [0.25, 0.3) is 5.70 Å². The SMILES string of the molecule is CCOC(=O)C1=C(c2ccc[nH]2)Nc2c(ccc(Cl)c2Cl)[C@H]1O. The van der Waals surface area contributed by atoms with E-state index in [1.54, 1.807) is 37.4 Å². The molecule has 3 rings (SSSR count). The summed E-state index contributed by atoms with van der Waals surface area (Å²) in [6.45, 7) is 1.92. The number of nitrogens with one attached hydrogen (secondary N) is 2. The van der Waals surface area contributed by atoms with Crippen LogP contribution in [0, 0.1) is 0 Å². The number of H-pyrrole nitrogens is 1. The number of aliphatic hydroxyl groups is 1. The van der Waals surface area contributed by atoms with Gasteiger partial charge in [0, 0.05) is 11.8 Å². The van der Waals surface area contributed by atoms with Crippen LogP contribution in [0.15, 0.2) is 36.0 Å². The van der Waals surface area contributed by atoms with Gasteiger partial charge in [-0.25, -0.2) is 4.79 Å². The van der Waals surface area contributed by atoms with Crippen LogP contribution in [-0.2, 0) is 9.53 Å². The van der Waals surface area contributed by atoms with Gasteiger partial charge in [0.2, 0.25) is 0 Å². The topological polar surface area (TPSA) is 74.4 Å². The van der Waals surface area contributed by atoms with Crippen molar-refractivity contribution < 1.29 is 14.6 Å². The zero-order valence-electron chi connectivity index (χ0n) is 12.2. The molecule has 0 fully saturated rings. The smallest absolute Gasteiger partial charge is 0.339 e. The number of anilines is 1. The number of esters is 1. The summed E-state index contributed by atoms with van der Waals surface area (Å²) in [5.74, 6) is -0.589. The van der Waals surface area contributed by atoms with Crippen LogP contribution in [0.5, 0.6) is 0 Å². The molecule has 7 heteroatoms. The molecule has 1 aliphatic heterocycles. The van der Waals surface area contributed by atoms with E-state index < -0.39 is 12.1 Å². The van der Waals surface area contributed by atoms with Gasteiger partial charge in [-0.2, -0.15) is 0 Å². The Hall–Kier alpha value is -1.95. The van der Waals surface area contributed by atoms with Crippen molar-refractivity contribution in [3.05, 3.63) is 57.3 Å². The predicted molar refractivity (Wildman–Crippen MR) is 89.4 cm³/mol. The number of halogens is 2. The highest BCUT2D eigenvalue weighted by Gasteiger charge is 2.34. The summed E-state index contributed by atoms with van der Waals surface area (Å²) in [5, 5.41) is 14.4. The second-order valence-corrected chi connectivity index (χ2v) is 5.73. The molecular formula is C16H14Cl2N2O3. The normalized spacial score (nSPS) is 16.8. The number of hydrogen-bond donors (Lipinski definition) is 3. The first-order valence-corrected chi connectivity index (χ1v) is 7.78. The lowest BCUT2D eigenvalue weighted by Gasteiger charge is -2.28. The Morgan fingerprint density at radius 1 is 1.35 bits per heavy atom. The molecule has 0 amide bonds. The third kappa shape index (κ3) is 2.72. The first-order chi connectivity index (χ1) is 11.0. The molecule has 0 spiro atoms. The molecular weight excluding hydrogens is 339 g/mol. The maximum atomic E-state index is 12.3. The Morgan fingerprint density at radius 3 is 2.78 bits per heavy atom. The molecule has 1 atom stereocenters. The summed E-state index contributed by atoms with van der Waals surface area (Å²) in [7, 11) is 0. The fourth-order valence-electron chi connectivity index (χ4n) is 2.53. The van der Waals surface area contributed by atoms with Crippen LogP contribution in [0.1, 0.15) is 24.3 Å². The molecule has 23 heavy (non-hydrogen) atoms. The Morgan fingerprint density at radius 2 is 2.13 bits per heavy atom. The number of aliphatic hydroxyl groups excluding tert-OH is 1. The van der Waals surface area contributed by atoms with Crippen molar-refractivity contribution >= 4 is 40.6 Å². The molecule has 3 N–H and O–H groups in total. The summed E-state index contributed by atoms with van der Waals surface area (Å²) < 4.78 is 5.08. The summed E-state index contributed by atoms with van der Waals surface area (Å²) in [4.78, 5) is 15.3. The molecule has 0 unspecified atom stereocenters. The van der Waals surface area contributed by atoms with Crippen molar-refractivity contribution in [2.24, 2.45) is 0 Å². The zero-order valence-corrected chi connectivity index (χ0v) is 13.7. The number of hydrogen-bond acceptors (Lipinski definition) is 4. The van der Waals surface area contributed by atoms with Crippen molar-refractivity contribution in [1.82, 2.24) is 4.98 Å². The highest BCUT2D eigenvalue weighted by molar-refractivity contribution is 6.44. The van der Waals surface area contributed by atoms with Gasteiger partial charge in [-0.05, 0) is 25.1 Å². The number of carbonyl (C=O) groups is 1. The van der Waals surface area contributed by atoms with Gasteiger partial charge in [0.15, 0.2) is 0 Å². The van der Waals surface area contributed by atoms with Crippen LogP contribution >= 0.6 is 23.2 Å². The maximum absolute atomic E-state index is 12.3. The lowest BCUT2D eigenvalue weighted by atomic mass is 9.93. The fraction of sp³-hybridized carbons (Fsp3) is 0.188. The summed E-state index contributed by atoms with van der Waals surface area (Å²) in [6.07, 6.45) is 0.548.